The molecule has 0 amide bonds. The first-order valence-electron chi connectivity index (χ1n) is 6.17. The van der Waals surface area contributed by atoms with Gasteiger partial charge in [-0.2, -0.15) is 0 Å². The summed E-state index contributed by atoms with van der Waals surface area (Å²) < 4.78 is 0. The molecule has 0 aliphatic carbocycles. The van der Waals surface area contributed by atoms with Gasteiger partial charge in [-0.15, -0.1) is 0 Å². The van der Waals surface area contributed by atoms with Crippen LogP contribution in [0.15, 0.2) is 42.5 Å². The Hall–Kier alpha value is -2.23. The number of aldehydes is 1. The number of benzene rings is 2. The largest absolute Gasteiger partial charge is 0.303 e. The molecule has 0 fully saturated rings. The molecule has 2 rings (SSSR count). The average Bonchev–Trinajstić information content (AvgIpc) is 2.43. The number of rotatable bonds is 5. The van der Waals surface area contributed by atoms with Crippen LogP contribution in [-0.4, -0.2) is 17.8 Å². The molecule has 4 nitrogen and oxygen atoms in total. The fraction of sp³-hybridized carbons (Fsp3) is 0.267. The third-order valence-electron chi connectivity index (χ3n) is 3.40. The normalized spacial score (nSPS) is 13.9. The second kappa shape index (κ2) is 5.61. The molecular formula is C15H15NO3. The van der Waals surface area contributed by atoms with Crippen molar-refractivity contribution in [2.75, 3.05) is 6.54 Å². The van der Waals surface area contributed by atoms with Crippen LogP contribution in [0.1, 0.15) is 18.4 Å². The highest BCUT2D eigenvalue weighted by atomic mass is 16.6. The summed E-state index contributed by atoms with van der Waals surface area (Å²) in [5.41, 5.74) is 0.843. The van der Waals surface area contributed by atoms with Gasteiger partial charge in [-0.05, 0) is 16.3 Å². The van der Waals surface area contributed by atoms with Crippen molar-refractivity contribution in [2.45, 2.75) is 12.8 Å². The second-order valence-corrected chi connectivity index (χ2v) is 4.72. The summed E-state index contributed by atoms with van der Waals surface area (Å²) in [7, 11) is 0. The fourth-order valence-corrected chi connectivity index (χ4v) is 2.27. The van der Waals surface area contributed by atoms with Gasteiger partial charge < -0.3 is 4.79 Å². The Bertz CT molecular complexity index is 609. The van der Waals surface area contributed by atoms with E-state index < -0.39 is 0 Å². The maximum absolute atomic E-state index is 10.9. The quantitative estimate of drug-likeness (QED) is 0.470. The Balaban J connectivity index is 2.43. The van der Waals surface area contributed by atoms with E-state index in [1.807, 2.05) is 42.5 Å². The van der Waals surface area contributed by atoms with Gasteiger partial charge in [0.25, 0.3) is 0 Å². The van der Waals surface area contributed by atoms with Gasteiger partial charge in [0.2, 0.25) is 6.54 Å². The minimum Gasteiger partial charge on any atom is -0.303 e. The number of nitrogens with zero attached hydrogens (tertiary/aromatic N) is 1. The first-order valence-corrected chi connectivity index (χ1v) is 6.17. The van der Waals surface area contributed by atoms with Gasteiger partial charge in [-0.3, -0.25) is 10.1 Å². The lowest BCUT2D eigenvalue weighted by Crippen LogP contribution is -2.20. The molecule has 0 saturated heterocycles. The van der Waals surface area contributed by atoms with Crippen LogP contribution < -0.4 is 0 Å². The van der Waals surface area contributed by atoms with Crippen molar-refractivity contribution in [3.63, 3.8) is 0 Å². The van der Waals surface area contributed by atoms with E-state index in [2.05, 4.69) is 0 Å². The van der Waals surface area contributed by atoms with Crippen LogP contribution in [0.2, 0.25) is 0 Å². The lowest BCUT2D eigenvalue weighted by atomic mass is 9.87. The average molecular weight is 257 g/mol. The van der Waals surface area contributed by atoms with Crippen molar-refractivity contribution in [3.05, 3.63) is 58.1 Å². The molecule has 0 aromatic heterocycles. The van der Waals surface area contributed by atoms with Crippen molar-refractivity contribution < 1.29 is 9.72 Å². The molecule has 0 unspecified atom stereocenters. The number of fused-ring (bicyclic) bond motifs is 1. The minimum atomic E-state index is -0.378. The van der Waals surface area contributed by atoms with Crippen LogP contribution in [0.25, 0.3) is 10.8 Å². The van der Waals surface area contributed by atoms with Gasteiger partial charge >= 0.3 is 0 Å². The van der Waals surface area contributed by atoms with E-state index in [0.717, 1.165) is 22.6 Å². The van der Waals surface area contributed by atoms with E-state index in [-0.39, 0.29) is 23.3 Å². The lowest BCUT2D eigenvalue weighted by Gasteiger charge is -2.16. The summed E-state index contributed by atoms with van der Waals surface area (Å²) in [4.78, 5) is 21.3. The van der Waals surface area contributed by atoms with E-state index in [1.165, 1.54) is 0 Å². The highest BCUT2D eigenvalue weighted by Gasteiger charge is 2.24. The molecule has 0 N–H and O–H groups in total. The van der Waals surface area contributed by atoms with Gasteiger partial charge in [0, 0.05) is 10.8 Å². The molecule has 0 saturated carbocycles. The lowest BCUT2D eigenvalue weighted by molar-refractivity contribution is -0.484. The fourth-order valence-electron chi connectivity index (χ4n) is 2.27. The summed E-state index contributed by atoms with van der Waals surface area (Å²) in [6, 6.07) is 13.6. The van der Waals surface area contributed by atoms with Gasteiger partial charge in [0.1, 0.15) is 6.29 Å². The third kappa shape index (κ3) is 2.96. The molecule has 0 heterocycles. The first kappa shape index (κ1) is 13.2. The molecule has 0 bridgehead atoms. The standard InChI is InChI=1S/C15H15NO3/c1-11(10-17)15(9-16(18)19)14-7-6-12-4-2-3-5-13(12)8-14/h2-8,10-11,15H,9H2,1H3/t11-,15-/m1/s1. The molecule has 19 heavy (non-hydrogen) atoms. The van der Waals surface area contributed by atoms with Crippen LogP contribution in [0, 0.1) is 16.0 Å². The maximum atomic E-state index is 10.9. The summed E-state index contributed by atoms with van der Waals surface area (Å²) >= 11 is 0. The number of hydrogen-bond donors (Lipinski definition) is 0. The molecule has 0 spiro atoms. The van der Waals surface area contributed by atoms with Gasteiger partial charge in [0.15, 0.2) is 0 Å². The van der Waals surface area contributed by atoms with E-state index in [1.54, 1.807) is 6.92 Å². The summed E-state index contributed by atoms with van der Waals surface area (Å²) in [5, 5.41) is 12.9. The Morgan fingerprint density at radius 2 is 1.89 bits per heavy atom. The minimum absolute atomic E-state index is 0.224. The number of nitro groups is 1. The molecule has 0 aliphatic rings. The molecule has 2 aromatic rings. The smallest absolute Gasteiger partial charge is 0.211 e. The van der Waals surface area contributed by atoms with Crippen molar-refractivity contribution in [3.8, 4) is 0 Å². The predicted octanol–water partition coefficient (Wildman–Crippen LogP) is 3.04. The molecule has 0 aliphatic heterocycles. The van der Waals surface area contributed by atoms with Crippen molar-refractivity contribution in [1.82, 2.24) is 0 Å². The van der Waals surface area contributed by atoms with Crippen LogP contribution in [0.5, 0.6) is 0 Å². The second-order valence-electron chi connectivity index (χ2n) is 4.72. The van der Waals surface area contributed by atoms with Crippen molar-refractivity contribution in [2.24, 2.45) is 5.92 Å². The summed E-state index contributed by atoms with van der Waals surface area (Å²) in [5.74, 6) is -0.747. The molecule has 2 atom stereocenters. The Kier molecular flexibility index (Phi) is 3.90. The zero-order chi connectivity index (χ0) is 13.8. The van der Waals surface area contributed by atoms with Gasteiger partial charge in [-0.1, -0.05) is 49.4 Å². The zero-order valence-corrected chi connectivity index (χ0v) is 10.7. The molecule has 4 heteroatoms. The highest BCUT2D eigenvalue weighted by molar-refractivity contribution is 5.83. The Labute approximate surface area is 111 Å². The molecular weight excluding hydrogens is 242 g/mol. The third-order valence-corrected chi connectivity index (χ3v) is 3.40. The Morgan fingerprint density at radius 1 is 1.21 bits per heavy atom. The Morgan fingerprint density at radius 3 is 2.53 bits per heavy atom. The van der Waals surface area contributed by atoms with Crippen molar-refractivity contribution in [1.29, 1.82) is 0 Å². The number of carbonyl (C=O) groups excluding carboxylic acids is 1. The van der Waals surface area contributed by atoms with E-state index in [0.29, 0.717) is 0 Å². The topological polar surface area (TPSA) is 60.2 Å². The van der Waals surface area contributed by atoms with Gasteiger partial charge in [-0.25, -0.2) is 0 Å². The zero-order valence-electron chi connectivity index (χ0n) is 10.7. The number of hydrogen-bond acceptors (Lipinski definition) is 3. The highest BCUT2D eigenvalue weighted by Crippen LogP contribution is 2.27. The van der Waals surface area contributed by atoms with Crippen LogP contribution in [-0.2, 0) is 4.79 Å². The van der Waals surface area contributed by atoms with E-state index >= 15 is 0 Å². The maximum Gasteiger partial charge on any atom is 0.211 e. The molecule has 98 valence electrons. The molecule has 0 radical (unpaired) electrons. The number of carbonyl (C=O) groups is 1. The van der Waals surface area contributed by atoms with Crippen molar-refractivity contribution >= 4 is 17.1 Å². The monoisotopic (exact) mass is 257 g/mol. The van der Waals surface area contributed by atoms with Crippen LogP contribution in [0.4, 0.5) is 0 Å². The SMILES string of the molecule is C[C@H](C=O)[C@@H](C[N+](=O)[O-])c1ccc2ccccc2c1. The van der Waals surface area contributed by atoms with Crippen LogP contribution in [0.3, 0.4) is 0 Å². The van der Waals surface area contributed by atoms with E-state index in [9.17, 15) is 14.9 Å². The summed E-state index contributed by atoms with van der Waals surface area (Å²) in [6.45, 7) is 1.49. The summed E-state index contributed by atoms with van der Waals surface area (Å²) in [6.07, 6.45) is 0.781. The molecule has 2 aromatic carbocycles. The van der Waals surface area contributed by atoms with E-state index in [4.69, 9.17) is 0 Å². The van der Waals surface area contributed by atoms with Crippen LogP contribution >= 0.6 is 0 Å². The predicted molar refractivity (Wildman–Crippen MR) is 73.8 cm³/mol. The first-order chi connectivity index (χ1) is 9.11. The van der Waals surface area contributed by atoms with Gasteiger partial charge in [0.05, 0.1) is 5.92 Å².